The minimum absolute atomic E-state index is 0.0297. The standard InChI is InChI=1S/C21H21N3O.C16H27F2NO4/c1-24-19-9-10-22-13-18(19)17-7-5-14(11-20(17)24)15-6-8-21(23-12-15)25-16-3-2-4-16;1-14(2,3)23-13(21)19-9-15(10-19)7-12(8-15)22-11-16(17,18)5-4-6-20/h5-10,12-14,16H,2-4,11H2,1H3;12,20H,4-11H2,1-3H3. The summed E-state index contributed by atoms with van der Waals surface area (Å²) in [6.45, 7) is 5.87. The number of likely N-dealkylation sites (tertiary alicyclic amines) is 1. The largest absolute Gasteiger partial charge is 0.474 e. The first kappa shape index (κ1) is 34.3. The van der Waals surface area contributed by atoms with Gasteiger partial charge in [0.1, 0.15) is 18.3 Å². The van der Waals surface area contributed by atoms with E-state index in [0.29, 0.717) is 38.0 Å². The molecule has 1 N–H and O–H groups in total. The number of fused-ring (bicyclic) bond motifs is 3. The maximum Gasteiger partial charge on any atom is 0.410 e. The average molecular weight is 667 g/mol. The molecule has 0 bridgehead atoms. The van der Waals surface area contributed by atoms with Crippen LogP contribution in [0.3, 0.4) is 0 Å². The summed E-state index contributed by atoms with van der Waals surface area (Å²) in [4.78, 5) is 22.3. The number of nitrogens with zero attached hydrogens (tertiary/aromatic N) is 4. The summed E-state index contributed by atoms with van der Waals surface area (Å²) < 4.78 is 45.6. The fourth-order valence-electron chi connectivity index (χ4n) is 7.01. The molecule has 9 nitrogen and oxygen atoms in total. The molecule has 3 aliphatic carbocycles. The first-order valence-corrected chi connectivity index (χ1v) is 17.1. The molecule has 0 radical (unpaired) electrons. The van der Waals surface area contributed by atoms with Crippen LogP contribution in [0.4, 0.5) is 13.6 Å². The van der Waals surface area contributed by atoms with Crippen molar-refractivity contribution in [1.82, 2.24) is 19.4 Å². The number of halogens is 2. The molecule has 260 valence electrons. The molecule has 4 heterocycles. The van der Waals surface area contributed by atoms with E-state index in [-0.39, 0.29) is 37.1 Å². The Bertz CT molecular complexity index is 1600. The van der Waals surface area contributed by atoms with E-state index >= 15 is 0 Å². The molecule has 7 rings (SSSR count). The van der Waals surface area contributed by atoms with Gasteiger partial charge in [0, 0.05) is 85.8 Å². The summed E-state index contributed by atoms with van der Waals surface area (Å²) in [5, 5.41) is 9.83. The van der Waals surface area contributed by atoms with Crippen molar-refractivity contribution in [1.29, 1.82) is 0 Å². The summed E-state index contributed by atoms with van der Waals surface area (Å²) >= 11 is 0. The van der Waals surface area contributed by atoms with Crippen molar-refractivity contribution in [3.63, 3.8) is 0 Å². The Labute approximate surface area is 281 Å². The first-order chi connectivity index (χ1) is 22.8. The molecule has 1 spiro atoms. The Morgan fingerprint density at radius 2 is 1.88 bits per heavy atom. The number of aliphatic hydroxyl groups excluding tert-OH is 1. The predicted molar refractivity (Wildman–Crippen MR) is 179 cm³/mol. The van der Waals surface area contributed by atoms with Gasteiger partial charge in [-0.3, -0.25) is 4.98 Å². The summed E-state index contributed by atoms with van der Waals surface area (Å²) in [5.41, 5.74) is 4.68. The number of aryl methyl sites for hydroxylation is 1. The van der Waals surface area contributed by atoms with E-state index in [1.54, 1.807) is 4.90 Å². The third-order valence-corrected chi connectivity index (χ3v) is 9.86. The molecule has 0 aromatic carbocycles. The number of alkyl halides is 2. The van der Waals surface area contributed by atoms with Gasteiger partial charge in [0.05, 0.1) is 11.6 Å². The molecule has 3 aromatic rings. The van der Waals surface area contributed by atoms with E-state index < -0.39 is 18.1 Å². The molecule has 3 fully saturated rings. The maximum atomic E-state index is 13.4. The highest BCUT2D eigenvalue weighted by Crippen LogP contribution is 2.50. The Balaban J connectivity index is 0.000000168. The molecule has 1 atom stereocenters. The normalized spacial score (nSPS) is 20.3. The Hall–Kier alpha value is -3.57. The fraction of sp³-hybridized carbons (Fsp3) is 0.595. The van der Waals surface area contributed by atoms with Gasteiger partial charge in [0.25, 0.3) is 5.92 Å². The number of amides is 1. The van der Waals surface area contributed by atoms with Crippen LogP contribution in [-0.4, -0.2) is 80.7 Å². The third-order valence-electron chi connectivity index (χ3n) is 9.86. The lowest BCUT2D eigenvalue weighted by atomic mass is 9.62. The third kappa shape index (κ3) is 7.83. The zero-order valence-corrected chi connectivity index (χ0v) is 28.5. The minimum Gasteiger partial charge on any atom is -0.474 e. The van der Waals surface area contributed by atoms with Crippen molar-refractivity contribution in [2.45, 2.75) is 102 Å². The van der Waals surface area contributed by atoms with Gasteiger partial charge in [-0.1, -0.05) is 18.2 Å². The van der Waals surface area contributed by atoms with Gasteiger partial charge in [0.2, 0.25) is 5.88 Å². The van der Waals surface area contributed by atoms with E-state index in [4.69, 9.17) is 19.3 Å². The Morgan fingerprint density at radius 3 is 2.52 bits per heavy atom. The lowest BCUT2D eigenvalue weighted by Crippen LogP contribution is -2.66. The average Bonchev–Trinajstić information content (AvgIpc) is 3.27. The van der Waals surface area contributed by atoms with Crippen LogP contribution < -0.4 is 4.74 Å². The SMILES string of the molecule is CC(C)(C)OC(=O)N1CC2(CC(OCC(F)(F)CCCO)C2)C1.Cn1c2c(c3cnccc31)C=CC(c1ccc(OC3CCC3)nc1)C2. The highest BCUT2D eigenvalue weighted by molar-refractivity contribution is 5.91. The van der Waals surface area contributed by atoms with E-state index in [1.807, 2.05) is 45.4 Å². The number of aliphatic hydroxyl groups is 1. The van der Waals surface area contributed by atoms with E-state index in [2.05, 4.69) is 45.9 Å². The Morgan fingerprint density at radius 1 is 1.10 bits per heavy atom. The summed E-state index contributed by atoms with van der Waals surface area (Å²) in [7, 11) is 2.14. The number of allylic oxidation sites excluding steroid dienone is 1. The van der Waals surface area contributed by atoms with Gasteiger partial charge < -0.3 is 28.8 Å². The number of ether oxygens (including phenoxy) is 3. The maximum absolute atomic E-state index is 13.4. The zero-order valence-electron chi connectivity index (χ0n) is 28.5. The van der Waals surface area contributed by atoms with Crippen molar-refractivity contribution < 1.29 is 32.9 Å². The summed E-state index contributed by atoms with van der Waals surface area (Å²) in [6.07, 6.45) is 16.0. The van der Waals surface area contributed by atoms with Crippen LogP contribution in [0, 0.1) is 5.41 Å². The molecular formula is C37H48F2N4O5. The fourth-order valence-corrected chi connectivity index (χ4v) is 7.01. The van der Waals surface area contributed by atoms with Crippen LogP contribution in [0.25, 0.3) is 17.0 Å². The van der Waals surface area contributed by atoms with Gasteiger partial charge in [-0.15, -0.1) is 0 Å². The second-order valence-corrected chi connectivity index (χ2v) is 14.9. The van der Waals surface area contributed by atoms with Crippen molar-refractivity contribution in [2.75, 3.05) is 26.3 Å². The molecule has 48 heavy (non-hydrogen) atoms. The van der Waals surface area contributed by atoms with Gasteiger partial charge in [-0.05, 0) is 77.3 Å². The van der Waals surface area contributed by atoms with Crippen LogP contribution in [0.2, 0.25) is 0 Å². The van der Waals surface area contributed by atoms with Gasteiger partial charge in [0.15, 0.2) is 0 Å². The van der Waals surface area contributed by atoms with Crippen molar-refractivity contribution in [3.8, 4) is 5.88 Å². The smallest absolute Gasteiger partial charge is 0.410 e. The molecule has 1 aliphatic heterocycles. The van der Waals surface area contributed by atoms with E-state index in [0.717, 1.165) is 25.1 Å². The van der Waals surface area contributed by atoms with Gasteiger partial charge >= 0.3 is 6.09 Å². The molecule has 1 saturated heterocycles. The molecule has 1 unspecified atom stereocenters. The number of pyridine rings is 2. The zero-order chi connectivity index (χ0) is 34.1. The van der Waals surface area contributed by atoms with Crippen LogP contribution >= 0.6 is 0 Å². The van der Waals surface area contributed by atoms with E-state index in [9.17, 15) is 13.6 Å². The number of hydrogen-bond donors (Lipinski definition) is 1. The first-order valence-electron chi connectivity index (χ1n) is 17.1. The quantitative estimate of drug-likeness (QED) is 0.261. The molecule has 3 aromatic heterocycles. The second-order valence-electron chi connectivity index (χ2n) is 14.9. The van der Waals surface area contributed by atoms with Crippen LogP contribution in [0.1, 0.15) is 88.5 Å². The number of rotatable bonds is 9. The predicted octanol–water partition coefficient (Wildman–Crippen LogP) is 7.06. The summed E-state index contributed by atoms with van der Waals surface area (Å²) in [5.74, 6) is -1.77. The lowest BCUT2D eigenvalue weighted by molar-refractivity contribution is -0.179. The summed E-state index contributed by atoms with van der Waals surface area (Å²) in [6, 6.07) is 6.26. The van der Waals surface area contributed by atoms with Gasteiger partial charge in [-0.2, -0.15) is 0 Å². The van der Waals surface area contributed by atoms with Crippen molar-refractivity contribution >= 4 is 23.1 Å². The van der Waals surface area contributed by atoms with Crippen LogP contribution in [-0.2, 0) is 22.9 Å². The number of carbonyl (C=O) groups is 1. The number of hydrogen-bond acceptors (Lipinski definition) is 7. The molecular weight excluding hydrogens is 618 g/mol. The topological polar surface area (TPSA) is 98.9 Å². The van der Waals surface area contributed by atoms with Gasteiger partial charge in [-0.25, -0.2) is 18.6 Å². The van der Waals surface area contributed by atoms with Crippen molar-refractivity contribution in [3.05, 3.63) is 59.7 Å². The second kappa shape index (κ2) is 13.7. The Kier molecular flexibility index (Phi) is 9.82. The molecule has 11 heteroatoms. The van der Waals surface area contributed by atoms with Crippen molar-refractivity contribution in [2.24, 2.45) is 12.5 Å². The number of carbonyl (C=O) groups excluding carboxylic acids is 1. The number of aromatic nitrogens is 3. The van der Waals surface area contributed by atoms with Crippen LogP contribution in [0.5, 0.6) is 5.88 Å². The monoisotopic (exact) mass is 666 g/mol. The highest BCUT2D eigenvalue weighted by Gasteiger charge is 2.55. The highest BCUT2D eigenvalue weighted by atomic mass is 19.3. The van der Waals surface area contributed by atoms with E-state index in [1.165, 1.54) is 34.1 Å². The lowest BCUT2D eigenvalue weighted by Gasteiger charge is -2.58. The molecule has 4 aliphatic rings. The minimum atomic E-state index is -2.88. The molecule has 2 saturated carbocycles. The molecule has 1 amide bonds. The van der Waals surface area contributed by atoms with Crippen LogP contribution in [0.15, 0.2) is 42.9 Å².